The normalized spacial score (nSPS) is 12.7. The van der Waals surface area contributed by atoms with Crippen molar-refractivity contribution >= 4 is 35.6 Å². The van der Waals surface area contributed by atoms with Crippen molar-refractivity contribution in [2.24, 2.45) is 0 Å². The number of carbonyl (C=O) groups excluding carboxylic acids is 4. The van der Waals surface area contributed by atoms with Crippen molar-refractivity contribution in [2.75, 3.05) is 31.7 Å². The Balaban J connectivity index is 3.22. The molecule has 0 bridgehead atoms. The smallest absolute Gasteiger partial charge is 0.408 e. The van der Waals surface area contributed by atoms with Crippen LogP contribution in [0.2, 0.25) is 0 Å². The summed E-state index contributed by atoms with van der Waals surface area (Å²) >= 11 is 1.52. The summed E-state index contributed by atoms with van der Waals surface area (Å²) in [5, 5.41) is 15.1. The van der Waals surface area contributed by atoms with Crippen molar-refractivity contribution in [1.82, 2.24) is 15.5 Å². The van der Waals surface area contributed by atoms with Crippen molar-refractivity contribution in [1.29, 1.82) is 0 Å². The highest BCUT2D eigenvalue weighted by Crippen LogP contribution is 2.25. The van der Waals surface area contributed by atoms with E-state index < -0.39 is 41.6 Å². The Morgan fingerprint density at radius 3 is 2.28 bits per heavy atom. The average molecular weight is 526 g/mol. The fraction of sp³-hybridized carbons (Fsp3) is 0.600. The summed E-state index contributed by atoms with van der Waals surface area (Å²) in [6.45, 7) is 9.05. The van der Waals surface area contributed by atoms with Gasteiger partial charge in [0.15, 0.2) is 0 Å². The van der Waals surface area contributed by atoms with Gasteiger partial charge in [0.05, 0.1) is 13.0 Å². The molecule has 1 rings (SSSR count). The number of hydrogen-bond donors (Lipinski definition) is 3. The third kappa shape index (κ3) is 10.8. The number of amides is 3. The van der Waals surface area contributed by atoms with Crippen LogP contribution in [0.1, 0.15) is 59.1 Å². The minimum Gasteiger partial charge on any atom is -0.508 e. The fourth-order valence-electron chi connectivity index (χ4n) is 3.36. The first kappa shape index (κ1) is 31.1. The zero-order chi connectivity index (χ0) is 27.3. The number of phenols is 1. The third-order valence-corrected chi connectivity index (χ3v) is 5.57. The predicted molar refractivity (Wildman–Crippen MR) is 139 cm³/mol. The van der Waals surface area contributed by atoms with Gasteiger partial charge in [-0.25, -0.2) is 4.79 Å². The molecule has 0 spiro atoms. The number of hydrogen-bond acceptors (Lipinski definition) is 8. The van der Waals surface area contributed by atoms with Crippen molar-refractivity contribution < 1.29 is 33.8 Å². The van der Waals surface area contributed by atoms with Crippen LogP contribution in [-0.4, -0.2) is 77.2 Å². The second kappa shape index (κ2) is 15.2. The SMILES string of the molecule is CCOC(=O)CCNC(=O)C(c1ccc(O)cc1)N(CC)C(=O)C(CCSC)NC(=O)OC(C)(C)C. The zero-order valence-electron chi connectivity index (χ0n) is 22.0. The van der Waals surface area contributed by atoms with Crippen LogP contribution in [0.15, 0.2) is 24.3 Å². The number of likely N-dealkylation sites (N-methyl/N-ethyl adjacent to an activating group) is 1. The maximum atomic E-state index is 13.7. The Bertz CT molecular complexity index is 871. The maximum Gasteiger partial charge on any atom is 0.408 e. The molecule has 2 atom stereocenters. The van der Waals surface area contributed by atoms with Crippen LogP contribution in [0, 0.1) is 0 Å². The van der Waals surface area contributed by atoms with E-state index >= 15 is 0 Å². The highest BCUT2D eigenvalue weighted by molar-refractivity contribution is 7.98. The van der Waals surface area contributed by atoms with E-state index in [1.807, 2.05) is 6.26 Å². The molecular weight excluding hydrogens is 486 g/mol. The van der Waals surface area contributed by atoms with Gasteiger partial charge in [0.25, 0.3) is 0 Å². The molecule has 0 aliphatic rings. The highest BCUT2D eigenvalue weighted by Gasteiger charge is 2.35. The van der Waals surface area contributed by atoms with Gasteiger partial charge in [-0.3, -0.25) is 14.4 Å². The molecule has 0 aliphatic carbocycles. The van der Waals surface area contributed by atoms with E-state index in [0.717, 1.165) is 0 Å². The van der Waals surface area contributed by atoms with Crippen LogP contribution in [0.3, 0.4) is 0 Å². The van der Waals surface area contributed by atoms with E-state index in [1.165, 1.54) is 28.8 Å². The molecule has 3 amide bonds. The number of phenolic OH excluding ortho intramolecular Hbond substituents is 1. The molecular formula is C25H39N3O7S. The molecule has 0 radical (unpaired) electrons. The first-order chi connectivity index (χ1) is 16.9. The highest BCUT2D eigenvalue weighted by atomic mass is 32.2. The number of benzene rings is 1. The number of esters is 1. The van der Waals surface area contributed by atoms with Crippen LogP contribution in [-0.2, 0) is 23.9 Å². The van der Waals surface area contributed by atoms with Crippen molar-refractivity contribution in [3.8, 4) is 5.75 Å². The molecule has 36 heavy (non-hydrogen) atoms. The van der Waals surface area contributed by atoms with E-state index in [9.17, 15) is 24.3 Å². The van der Waals surface area contributed by atoms with Crippen LogP contribution >= 0.6 is 11.8 Å². The molecule has 0 saturated heterocycles. The molecule has 0 saturated carbocycles. The zero-order valence-corrected chi connectivity index (χ0v) is 22.8. The Morgan fingerprint density at radius 2 is 1.75 bits per heavy atom. The lowest BCUT2D eigenvalue weighted by Gasteiger charge is -2.33. The molecule has 10 nitrogen and oxygen atoms in total. The van der Waals surface area contributed by atoms with Crippen LogP contribution in [0.4, 0.5) is 4.79 Å². The molecule has 0 aliphatic heterocycles. The molecule has 3 N–H and O–H groups in total. The van der Waals surface area contributed by atoms with Crippen molar-refractivity contribution in [3.63, 3.8) is 0 Å². The summed E-state index contributed by atoms with van der Waals surface area (Å²) in [5.74, 6) is -0.781. The molecule has 0 fully saturated rings. The first-order valence-corrected chi connectivity index (χ1v) is 13.3. The van der Waals surface area contributed by atoms with Crippen LogP contribution in [0.5, 0.6) is 5.75 Å². The number of ether oxygens (including phenoxy) is 2. The third-order valence-electron chi connectivity index (χ3n) is 4.93. The summed E-state index contributed by atoms with van der Waals surface area (Å²) in [6.07, 6.45) is 1.49. The number of alkyl carbamates (subject to hydrolysis) is 1. The van der Waals surface area contributed by atoms with Crippen LogP contribution in [0.25, 0.3) is 0 Å². The molecule has 11 heteroatoms. The number of carbonyl (C=O) groups is 4. The molecule has 0 aromatic heterocycles. The summed E-state index contributed by atoms with van der Waals surface area (Å²) in [6, 6.07) is 3.99. The maximum absolute atomic E-state index is 13.7. The number of thioether (sulfide) groups is 1. The van der Waals surface area contributed by atoms with Crippen molar-refractivity contribution in [3.05, 3.63) is 29.8 Å². The van der Waals surface area contributed by atoms with Gasteiger partial charge in [-0.05, 0) is 70.7 Å². The van der Waals surface area contributed by atoms with Gasteiger partial charge in [0.2, 0.25) is 11.8 Å². The van der Waals surface area contributed by atoms with Gasteiger partial charge in [-0.2, -0.15) is 11.8 Å². The summed E-state index contributed by atoms with van der Waals surface area (Å²) in [7, 11) is 0. The lowest BCUT2D eigenvalue weighted by Crippen LogP contribution is -2.53. The lowest BCUT2D eigenvalue weighted by molar-refractivity contribution is -0.144. The quantitative estimate of drug-likeness (QED) is 0.335. The minimum absolute atomic E-state index is 0.0130. The van der Waals surface area contributed by atoms with E-state index in [2.05, 4.69) is 10.6 Å². The largest absolute Gasteiger partial charge is 0.508 e. The van der Waals surface area contributed by atoms with E-state index in [-0.39, 0.29) is 31.9 Å². The number of nitrogens with zero attached hydrogens (tertiary/aromatic N) is 1. The second-order valence-corrected chi connectivity index (χ2v) is 9.93. The second-order valence-electron chi connectivity index (χ2n) is 8.94. The number of aromatic hydroxyl groups is 1. The summed E-state index contributed by atoms with van der Waals surface area (Å²) < 4.78 is 10.2. The van der Waals surface area contributed by atoms with E-state index in [1.54, 1.807) is 46.8 Å². The van der Waals surface area contributed by atoms with Crippen LogP contribution < -0.4 is 10.6 Å². The topological polar surface area (TPSA) is 134 Å². The Kier molecular flexibility index (Phi) is 13.1. The standard InChI is InChI=1S/C25H39N3O7S/c1-7-28(23(32)19(14-16-36-6)27-24(33)35-25(3,4)5)21(17-9-11-18(29)12-10-17)22(31)26-15-13-20(30)34-8-2/h9-12,19,21,29H,7-8,13-16H2,1-6H3,(H,26,31)(H,27,33). The monoisotopic (exact) mass is 525 g/mol. The number of rotatable bonds is 13. The van der Waals surface area contributed by atoms with E-state index in [0.29, 0.717) is 17.7 Å². The Morgan fingerprint density at radius 1 is 1.11 bits per heavy atom. The van der Waals surface area contributed by atoms with Gasteiger partial charge < -0.3 is 30.1 Å². The van der Waals surface area contributed by atoms with Gasteiger partial charge in [-0.1, -0.05) is 12.1 Å². The Hall–Kier alpha value is -2.95. The van der Waals surface area contributed by atoms with E-state index in [4.69, 9.17) is 9.47 Å². The molecule has 0 heterocycles. The lowest BCUT2D eigenvalue weighted by atomic mass is 10.0. The molecule has 1 aromatic carbocycles. The van der Waals surface area contributed by atoms with Gasteiger partial charge in [-0.15, -0.1) is 0 Å². The van der Waals surface area contributed by atoms with Crippen molar-refractivity contribution in [2.45, 2.75) is 65.1 Å². The number of nitrogens with one attached hydrogen (secondary N) is 2. The molecule has 202 valence electrons. The molecule has 2 unspecified atom stereocenters. The minimum atomic E-state index is -1.05. The van der Waals surface area contributed by atoms with Gasteiger partial charge >= 0.3 is 12.1 Å². The van der Waals surface area contributed by atoms with Gasteiger partial charge in [0, 0.05) is 13.1 Å². The summed E-state index contributed by atoms with van der Waals surface area (Å²) in [5.41, 5.74) is -0.271. The fourth-order valence-corrected chi connectivity index (χ4v) is 3.83. The first-order valence-electron chi connectivity index (χ1n) is 11.9. The molecule has 1 aromatic rings. The Labute approximate surface area is 217 Å². The van der Waals surface area contributed by atoms with Gasteiger partial charge in [0.1, 0.15) is 23.4 Å². The average Bonchev–Trinajstić information content (AvgIpc) is 2.79. The predicted octanol–water partition coefficient (Wildman–Crippen LogP) is 3.00. The summed E-state index contributed by atoms with van der Waals surface area (Å²) in [4.78, 5) is 52.5.